The first kappa shape index (κ1) is 15.0. The second-order valence-corrected chi connectivity index (χ2v) is 5.42. The second kappa shape index (κ2) is 8.09. The Kier molecular flexibility index (Phi) is 7.12. The van der Waals surface area contributed by atoms with Gasteiger partial charge >= 0.3 is 0 Å². The zero-order chi connectivity index (χ0) is 12.7. The predicted octanol–water partition coefficient (Wildman–Crippen LogP) is 3.58. The summed E-state index contributed by atoms with van der Waals surface area (Å²) in [6.07, 6.45) is 0. The van der Waals surface area contributed by atoms with Crippen LogP contribution in [0.3, 0.4) is 0 Å². The lowest BCUT2D eigenvalue weighted by Gasteiger charge is -2.07. The summed E-state index contributed by atoms with van der Waals surface area (Å²) >= 11 is 19.1. The zero-order valence-corrected chi connectivity index (χ0v) is 12.1. The highest BCUT2D eigenvalue weighted by molar-refractivity contribution is 7.98. The standard InChI is InChI=1S/C11H12Cl3NOS/c12-6-11(16)15-4-5-17-7-8-9(13)2-1-3-10(8)14/h1-3H,4-7H2,(H,15,16). The van der Waals surface area contributed by atoms with Crippen molar-refractivity contribution in [3.63, 3.8) is 0 Å². The van der Waals surface area contributed by atoms with Crippen LogP contribution >= 0.6 is 46.6 Å². The van der Waals surface area contributed by atoms with Gasteiger partial charge in [-0.1, -0.05) is 29.3 Å². The summed E-state index contributed by atoms with van der Waals surface area (Å²) in [6.45, 7) is 0.596. The molecule has 0 saturated carbocycles. The van der Waals surface area contributed by atoms with Crippen LogP contribution < -0.4 is 5.32 Å². The zero-order valence-electron chi connectivity index (χ0n) is 9.01. The van der Waals surface area contributed by atoms with Gasteiger partial charge < -0.3 is 5.32 Å². The van der Waals surface area contributed by atoms with Gasteiger partial charge in [-0.15, -0.1) is 11.6 Å². The number of hydrogen-bond donors (Lipinski definition) is 1. The SMILES string of the molecule is O=C(CCl)NCCSCc1c(Cl)cccc1Cl. The highest BCUT2D eigenvalue weighted by Gasteiger charge is 2.05. The number of nitrogens with one attached hydrogen (secondary N) is 1. The summed E-state index contributed by atoms with van der Waals surface area (Å²) in [5.74, 6) is 1.38. The van der Waals surface area contributed by atoms with E-state index in [0.717, 1.165) is 17.1 Å². The van der Waals surface area contributed by atoms with E-state index >= 15 is 0 Å². The van der Waals surface area contributed by atoms with E-state index in [0.29, 0.717) is 16.6 Å². The maximum absolute atomic E-state index is 10.9. The number of carbonyl (C=O) groups excluding carboxylic acids is 1. The first-order chi connectivity index (χ1) is 8.15. The molecule has 1 aromatic carbocycles. The molecule has 1 N–H and O–H groups in total. The molecule has 6 heteroatoms. The third-order valence-electron chi connectivity index (χ3n) is 2.00. The van der Waals surface area contributed by atoms with Gasteiger partial charge in [-0.3, -0.25) is 4.79 Å². The molecular weight excluding hydrogens is 301 g/mol. The summed E-state index contributed by atoms with van der Waals surface area (Å²) in [6, 6.07) is 5.46. The molecule has 1 aromatic rings. The van der Waals surface area contributed by atoms with E-state index in [1.54, 1.807) is 11.8 Å². The van der Waals surface area contributed by atoms with Gasteiger partial charge in [0.2, 0.25) is 5.91 Å². The Labute approximate surface area is 120 Å². The molecule has 0 saturated heterocycles. The van der Waals surface area contributed by atoms with Crippen LogP contribution in [0.2, 0.25) is 10.0 Å². The number of alkyl halides is 1. The number of hydrogen-bond acceptors (Lipinski definition) is 2. The van der Waals surface area contributed by atoms with Gasteiger partial charge in [-0.25, -0.2) is 0 Å². The first-order valence-electron chi connectivity index (χ1n) is 4.98. The molecule has 0 fully saturated rings. The van der Waals surface area contributed by atoms with E-state index in [1.165, 1.54) is 0 Å². The van der Waals surface area contributed by atoms with Crippen LogP contribution in [0.15, 0.2) is 18.2 Å². The number of benzene rings is 1. The fraction of sp³-hybridized carbons (Fsp3) is 0.364. The van der Waals surface area contributed by atoms with Crippen molar-refractivity contribution in [1.29, 1.82) is 0 Å². The van der Waals surface area contributed by atoms with Gasteiger partial charge in [0.1, 0.15) is 5.88 Å². The highest BCUT2D eigenvalue weighted by Crippen LogP contribution is 2.27. The molecular formula is C11H12Cl3NOS. The van der Waals surface area contributed by atoms with E-state index in [2.05, 4.69) is 5.32 Å². The molecule has 0 bridgehead atoms. The van der Waals surface area contributed by atoms with Crippen LogP contribution in [0.5, 0.6) is 0 Å². The number of thioether (sulfide) groups is 1. The molecule has 0 aromatic heterocycles. The molecule has 0 unspecified atom stereocenters. The maximum atomic E-state index is 10.9. The Morgan fingerprint density at radius 3 is 2.53 bits per heavy atom. The Hall–Kier alpha value is -0.0900. The van der Waals surface area contributed by atoms with Gasteiger partial charge in [-0.2, -0.15) is 11.8 Å². The molecule has 0 radical (unpaired) electrons. The van der Waals surface area contributed by atoms with Crippen LogP contribution in [0, 0.1) is 0 Å². The number of rotatable bonds is 6. The van der Waals surface area contributed by atoms with Crippen LogP contribution in [0.4, 0.5) is 0 Å². The summed E-state index contributed by atoms with van der Waals surface area (Å²) < 4.78 is 0. The van der Waals surface area contributed by atoms with Crippen LogP contribution in [-0.2, 0) is 10.5 Å². The van der Waals surface area contributed by atoms with Crippen LogP contribution in [0.1, 0.15) is 5.56 Å². The Morgan fingerprint density at radius 2 is 1.94 bits per heavy atom. The molecule has 17 heavy (non-hydrogen) atoms. The lowest BCUT2D eigenvalue weighted by atomic mass is 10.2. The third kappa shape index (κ3) is 5.38. The van der Waals surface area contributed by atoms with Crippen molar-refractivity contribution >= 4 is 52.5 Å². The monoisotopic (exact) mass is 311 g/mol. The minimum atomic E-state index is -0.150. The van der Waals surface area contributed by atoms with Crippen LogP contribution in [0.25, 0.3) is 0 Å². The normalized spacial score (nSPS) is 10.3. The van der Waals surface area contributed by atoms with Gasteiger partial charge in [0.15, 0.2) is 0 Å². The summed E-state index contributed by atoms with van der Waals surface area (Å²) in [7, 11) is 0. The Morgan fingerprint density at radius 1 is 1.29 bits per heavy atom. The predicted molar refractivity (Wildman–Crippen MR) is 76.4 cm³/mol. The molecule has 0 aliphatic carbocycles. The maximum Gasteiger partial charge on any atom is 0.234 e. The molecule has 1 rings (SSSR count). The summed E-state index contributed by atoms with van der Waals surface area (Å²) in [5, 5.41) is 4.04. The Bertz CT molecular complexity index is 367. The van der Waals surface area contributed by atoms with Gasteiger partial charge in [0.25, 0.3) is 0 Å². The van der Waals surface area contributed by atoms with Crippen molar-refractivity contribution in [3.8, 4) is 0 Å². The van der Waals surface area contributed by atoms with Crippen molar-refractivity contribution in [1.82, 2.24) is 5.32 Å². The topological polar surface area (TPSA) is 29.1 Å². The average Bonchev–Trinajstić information content (AvgIpc) is 2.31. The summed E-state index contributed by atoms with van der Waals surface area (Å²) in [4.78, 5) is 10.9. The van der Waals surface area contributed by atoms with E-state index in [-0.39, 0.29) is 11.8 Å². The van der Waals surface area contributed by atoms with E-state index in [9.17, 15) is 4.79 Å². The lowest BCUT2D eigenvalue weighted by Crippen LogP contribution is -2.26. The van der Waals surface area contributed by atoms with Crippen molar-refractivity contribution in [2.45, 2.75) is 5.75 Å². The van der Waals surface area contributed by atoms with Gasteiger partial charge in [-0.05, 0) is 17.7 Å². The minimum absolute atomic E-state index is 0.00100. The lowest BCUT2D eigenvalue weighted by molar-refractivity contribution is -0.118. The minimum Gasteiger partial charge on any atom is -0.354 e. The van der Waals surface area contributed by atoms with Crippen LogP contribution in [-0.4, -0.2) is 24.1 Å². The summed E-state index contributed by atoms with van der Waals surface area (Å²) in [5.41, 5.74) is 0.935. The van der Waals surface area contributed by atoms with Gasteiger partial charge in [0, 0.05) is 28.1 Å². The van der Waals surface area contributed by atoms with E-state index < -0.39 is 0 Å². The number of amides is 1. The number of carbonyl (C=O) groups is 1. The van der Waals surface area contributed by atoms with Crippen molar-refractivity contribution in [2.24, 2.45) is 0 Å². The molecule has 2 nitrogen and oxygen atoms in total. The quantitative estimate of drug-likeness (QED) is 0.642. The van der Waals surface area contributed by atoms with Gasteiger partial charge in [0.05, 0.1) is 0 Å². The fourth-order valence-corrected chi connectivity index (χ4v) is 2.84. The van der Waals surface area contributed by atoms with Crippen molar-refractivity contribution < 1.29 is 4.79 Å². The molecule has 0 heterocycles. The molecule has 0 atom stereocenters. The second-order valence-electron chi connectivity index (χ2n) is 3.24. The number of halogens is 3. The molecule has 1 amide bonds. The highest BCUT2D eigenvalue weighted by atomic mass is 35.5. The van der Waals surface area contributed by atoms with Crippen molar-refractivity contribution in [2.75, 3.05) is 18.2 Å². The average molecular weight is 313 g/mol. The largest absolute Gasteiger partial charge is 0.354 e. The van der Waals surface area contributed by atoms with E-state index in [4.69, 9.17) is 34.8 Å². The molecule has 0 aliphatic heterocycles. The van der Waals surface area contributed by atoms with Crippen molar-refractivity contribution in [3.05, 3.63) is 33.8 Å². The fourth-order valence-electron chi connectivity index (χ4n) is 1.15. The molecule has 94 valence electrons. The van der Waals surface area contributed by atoms with E-state index in [1.807, 2.05) is 18.2 Å². The molecule has 0 spiro atoms. The Balaban J connectivity index is 2.29. The smallest absolute Gasteiger partial charge is 0.234 e. The third-order valence-corrected chi connectivity index (χ3v) is 3.93. The molecule has 0 aliphatic rings. The first-order valence-corrected chi connectivity index (χ1v) is 7.43.